The summed E-state index contributed by atoms with van der Waals surface area (Å²) in [5.41, 5.74) is 0.448. The third-order valence-corrected chi connectivity index (χ3v) is 3.22. The molecule has 0 N–H and O–H groups in total. The first kappa shape index (κ1) is 19.1. The molecule has 0 aliphatic rings. The van der Waals surface area contributed by atoms with E-state index in [1.54, 1.807) is 19.9 Å². The molecule has 0 fully saturated rings. The predicted molar refractivity (Wildman–Crippen MR) is 76.3 cm³/mol. The normalized spacial score (nSPS) is 14.0. The van der Waals surface area contributed by atoms with Crippen LogP contribution < -0.4 is 0 Å². The molecule has 0 heterocycles. The first-order valence-electron chi connectivity index (χ1n) is 6.80. The summed E-state index contributed by atoms with van der Waals surface area (Å²) >= 11 is 0. The molecule has 0 radical (unpaired) electrons. The number of rotatable bonds is 8. The third-order valence-electron chi connectivity index (χ3n) is 3.22. The quantitative estimate of drug-likeness (QED) is 0.387. The summed E-state index contributed by atoms with van der Waals surface area (Å²) in [5.74, 6) is -1.75. The van der Waals surface area contributed by atoms with Crippen LogP contribution >= 0.6 is 0 Å². The van der Waals surface area contributed by atoms with Gasteiger partial charge in [0.05, 0.1) is 33.2 Å². The summed E-state index contributed by atoms with van der Waals surface area (Å²) in [5, 5.41) is 0. The van der Waals surface area contributed by atoms with Gasteiger partial charge >= 0.3 is 17.9 Å². The minimum Gasteiger partial charge on any atom is -0.469 e. The third kappa shape index (κ3) is 6.92. The van der Waals surface area contributed by atoms with Crippen LogP contribution in [0.5, 0.6) is 0 Å². The Bertz CT molecular complexity index is 399. The Labute approximate surface area is 125 Å². The molecule has 0 rings (SSSR count). The second-order valence-electron chi connectivity index (χ2n) is 4.84. The Morgan fingerprint density at radius 1 is 0.905 bits per heavy atom. The Balaban J connectivity index is 4.70. The average Bonchev–Trinajstić information content (AvgIpc) is 2.51. The predicted octanol–water partition coefficient (Wildman–Crippen LogP) is 1.87. The molecule has 0 aromatic rings. The van der Waals surface area contributed by atoms with Gasteiger partial charge in [-0.2, -0.15) is 0 Å². The molecule has 0 saturated carbocycles. The van der Waals surface area contributed by atoms with Crippen molar-refractivity contribution in [2.24, 2.45) is 11.8 Å². The molecule has 0 aliphatic carbocycles. The van der Waals surface area contributed by atoms with Crippen LogP contribution in [-0.4, -0.2) is 39.2 Å². The maximum absolute atomic E-state index is 11.7. The van der Waals surface area contributed by atoms with E-state index in [-0.39, 0.29) is 23.8 Å². The monoisotopic (exact) mass is 300 g/mol. The fourth-order valence-electron chi connectivity index (χ4n) is 1.73. The second-order valence-corrected chi connectivity index (χ2v) is 4.84. The van der Waals surface area contributed by atoms with Gasteiger partial charge in [-0.15, -0.1) is 0 Å². The van der Waals surface area contributed by atoms with Crippen LogP contribution in [0.2, 0.25) is 0 Å². The second kappa shape index (κ2) is 9.96. The molecular formula is C15H24O6. The van der Waals surface area contributed by atoms with Crippen LogP contribution in [0.25, 0.3) is 0 Å². The van der Waals surface area contributed by atoms with E-state index < -0.39 is 5.97 Å². The largest absolute Gasteiger partial charge is 0.469 e. The van der Waals surface area contributed by atoms with Crippen molar-refractivity contribution in [3.05, 3.63) is 11.6 Å². The van der Waals surface area contributed by atoms with E-state index in [2.05, 4.69) is 9.47 Å². The molecule has 0 saturated heterocycles. The smallest absolute Gasteiger partial charge is 0.333 e. The molecule has 0 bridgehead atoms. The molecule has 2 atom stereocenters. The summed E-state index contributed by atoms with van der Waals surface area (Å²) < 4.78 is 14.0. The van der Waals surface area contributed by atoms with Crippen molar-refractivity contribution in [2.45, 2.75) is 33.1 Å². The molecule has 0 aromatic carbocycles. The molecule has 0 spiro atoms. The minimum absolute atomic E-state index is 0.305. The lowest BCUT2D eigenvalue weighted by molar-refractivity contribution is -0.145. The Hall–Kier alpha value is -1.85. The van der Waals surface area contributed by atoms with E-state index in [1.165, 1.54) is 21.3 Å². The molecule has 21 heavy (non-hydrogen) atoms. The maximum atomic E-state index is 11.7. The standard InChI is InChI=1S/C15H24O6/c1-10(13(16)19-3)6-8-12(15(18)21-5)9-7-11(2)14(17)20-4/h8,10-11H,6-7,9H2,1-5H3/b12-8-. The summed E-state index contributed by atoms with van der Waals surface area (Å²) in [6.07, 6.45) is 2.90. The van der Waals surface area contributed by atoms with Gasteiger partial charge in [0.2, 0.25) is 0 Å². The van der Waals surface area contributed by atoms with E-state index in [9.17, 15) is 14.4 Å². The Morgan fingerprint density at radius 3 is 1.90 bits per heavy atom. The fraction of sp³-hybridized carbons (Fsp3) is 0.667. The lowest BCUT2D eigenvalue weighted by Gasteiger charge is -2.11. The summed E-state index contributed by atoms with van der Waals surface area (Å²) in [6, 6.07) is 0. The zero-order valence-electron chi connectivity index (χ0n) is 13.3. The van der Waals surface area contributed by atoms with E-state index >= 15 is 0 Å². The number of hydrogen-bond acceptors (Lipinski definition) is 6. The van der Waals surface area contributed by atoms with Crippen LogP contribution in [0.15, 0.2) is 11.6 Å². The van der Waals surface area contributed by atoms with Crippen molar-refractivity contribution in [2.75, 3.05) is 21.3 Å². The average molecular weight is 300 g/mol. The highest BCUT2D eigenvalue weighted by Crippen LogP contribution is 2.17. The fourth-order valence-corrected chi connectivity index (χ4v) is 1.73. The van der Waals surface area contributed by atoms with E-state index in [4.69, 9.17) is 4.74 Å². The number of allylic oxidation sites excluding steroid dienone is 1. The highest BCUT2D eigenvalue weighted by molar-refractivity contribution is 5.88. The van der Waals surface area contributed by atoms with Gasteiger partial charge in [0.15, 0.2) is 0 Å². The van der Waals surface area contributed by atoms with Crippen molar-refractivity contribution in [1.29, 1.82) is 0 Å². The van der Waals surface area contributed by atoms with Crippen LogP contribution in [-0.2, 0) is 28.6 Å². The molecule has 120 valence electrons. The van der Waals surface area contributed by atoms with Crippen LogP contribution in [0.3, 0.4) is 0 Å². The van der Waals surface area contributed by atoms with E-state index in [0.717, 1.165) is 0 Å². The summed E-state index contributed by atoms with van der Waals surface area (Å²) in [6.45, 7) is 3.45. The van der Waals surface area contributed by atoms with E-state index in [1.807, 2.05) is 0 Å². The lowest BCUT2D eigenvalue weighted by atomic mass is 9.98. The number of esters is 3. The number of ether oxygens (including phenoxy) is 3. The van der Waals surface area contributed by atoms with Crippen molar-refractivity contribution < 1.29 is 28.6 Å². The van der Waals surface area contributed by atoms with Crippen molar-refractivity contribution in [3.63, 3.8) is 0 Å². The number of carbonyl (C=O) groups is 3. The van der Waals surface area contributed by atoms with Gasteiger partial charge in [0, 0.05) is 5.57 Å². The zero-order valence-corrected chi connectivity index (χ0v) is 13.3. The maximum Gasteiger partial charge on any atom is 0.333 e. The van der Waals surface area contributed by atoms with Gasteiger partial charge in [-0.3, -0.25) is 9.59 Å². The topological polar surface area (TPSA) is 78.9 Å². The zero-order chi connectivity index (χ0) is 16.4. The van der Waals surface area contributed by atoms with Crippen molar-refractivity contribution in [1.82, 2.24) is 0 Å². The number of carbonyl (C=O) groups excluding carboxylic acids is 3. The molecule has 0 aromatic heterocycles. The minimum atomic E-state index is -0.455. The molecule has 2 unspecified atom stereocenters. The van der Waals surface area contributed by atoms with Crippen LogP contribution in [0.1, 0.15) is 33.1 Å². The van der Waals surface area contributed by atoms with E-state index in [0.29, 0.717) is 24.8 Å². The molecular weight excluding hydrogens is 276 g/mol. The summed E-state index contributed by atoms with van der Waals surface area (Å²) in [4.78, 5) is 34.4. The van der Waals surface area contributed by atoms with Gasteiger partial charge in [-0.25, -0.2) is 4.79 Å². The van der Waals surface area contributed by atoms with Gasteiger partial charge in [0.25, 0.3) is 0 Å². The highest BCUT2D eigenvalue weighted by Gasteiger charge is 2.18. The van der Waals surface area contributed by atoms with Crippen LogP contribution in [0, 0.1) is 11.8 Å². The Kier molecular flexibility index (Phi) is 9.08. The van der Waals surface area contributed by atoms with Crippen molar-refractivity contribution >= 4 is 17.9 Å². The van der Waals surface area contributed by atoms with Gasteiger partial charge < -0.3 is 14.2 Å². The molecule has 6 nitrogen and oxygen atoms in total. The Morgan fingerprint density at radius 2 is 1.43 bits per heavy atom. The first-order valence-corrected chi connectivity index (χ1v) is 6.80. The van der Waals surface area contributed by atoms with Gasteiger partial charge in [-0.05, 0) is 19.3 Å². The molecule has 6 heteroatoms. The van der Waals surface area contributed by atoms with Gasteiger partial charge in [-0.1, -0.05) is 19.9 Å². The molecule has 0 aliphatic heterocycles. The van der Waals surface area contributed by atoms with Gasteiger partial charge in [0.1, 0.15) is 0 Å². The molecule has 0 amide bonds. The van der Waals surface area contributed by atoms with Crippen molar-refractivity contribution in [3.8, 4) is 0 Å². The summed E-state index contributed by atoms with van der Waals surface area (Å²) in [7, 11) is 3.94. The van der Waals surface area contributed by atoms with Crippen LogP contribution in [0.4, 0.5) is 0 Å². The highest BCUT2D eigenvalue weighted by atomic mass is 16.5. The SMILES string of the molecule is COC(=O)/C(=C\CC(C)C(=O)OC)CCC(C)C(=O)OC. The first-order chi connectivity index (χ1) is 9.87. The number of methoxy groups -OCH3 is 3. The lowest BCUT2D eigenvalue weighted by Crippen LogP contribution is -2.15. The number of hydrogen-bond donors (Lipinski definition) is 0.